The summed E-state index contributed by atoms with van der Waals surface area (Å²) in [6.45, 7) is 4.28. The molecule has 0 fully saturated rings. The monoisotopic (exact) mass is 261 g/mol. The third-order valence-electron chi connectivity index (χ3n) is 3.21. The molecule has 0 N–H and O–H groups in total. The minimum atomic E-state index is -0.0529. The number of nitrogens with zero attached hydrogens (tertiary/aromatic N) is 5. The summed E-state index contributed by atoms with van der Waals surface area (Å²) in [5, 5.41) is 12.4. The van der Waals surface area contributed by atoms with Crippen LogP contribution in [0.4, 0.5) is 0 Å². The lowest BCUT2D eigenvalue weighted by Gasteiger charge is -2.12. The number of Topliss-reactive ketones (excluding diaryl/α,β-unsaturated/α-hetero) is 1. The van der Waals surface area contributed by atoms with E-state index in [1.54, 1.807) is 7.05 Å². The molecule has 2 aromatic heterocycles. The largest absolute Gasteiger partial charge is 0.292 e. The average Bonchev–Trinajstić information content (AvgIpc) is 3.00. The minimum absolute atomic E-state index is 0.0529. The van der Waals surface area contributed by atoms with E-state index in [-0.39, 0.29) is 12.2 Å². The summed E-state index contributed by atoms with van der Waals surface area (Å²) in [5.74, 6) is -0.0529. The molecule has 0 bridgehead atoms. The first-order chi connectivity index (χ1) is 9.13. The maximum Gasteiger partial charge on any atom is 0.190 e. The number of hydrogen-bond donors (Lipinski definition) is 0. The molecule has 0 saturated heterocycles. The van der Waals surface area contributed by atoms with E-state index in [1.807, 2.05) is 16.9 Å². The Morgan fingerprint density at radius 3 is 2.63 bits per heavy atom. The van der Waals surface area contributed by atoms with Crippen LogP contribution in [-0.2, 0) is 13.5 Å². The normalized spacial score (nSPS) is 11.2. The van der Waals surface area contributed by atoms with Crippen molar-refractivity contribution in [3.8, 4) is 0 Å². The molecule has 0 unspecified atom stereocenters. The van der Waals surface area contributed by atoms with Crippen molar-refractivity contribution in [2.75, 3.05) is 0 Å². The Balaban J connectivity index is 2.06. The number of ketones is 1. The predicted molar refractivity (Wildman–Crippen MR) is 70.9 cm³/mol. The Hall–Kier alpha value is -1.98. The van der Waals surface area contributed by atoms with Crippen molar-refractivity contribution in [2.24, 2.45) is 7.05 Å². The molecule has 0 saturated carbocycles. The number of carbonyl (C=O) groups is 1. The van der Waals surface area contributed by atoms with Gasteiger partial charge in [-0.05, 0) is 18.9 Å². The summed E-state index contributed by atoms with van der Waals surface area (Å²) in [4.78, 5) is 13.4. The summed E-state index contributed by atoms with van der Waals surface area (Å²) >= 11 is 0. The zero-order chi connectivity index (χ0) is 13.8. The molecule has 19 heavy (non-hydrogen) atoms. The summed E-state index contributed by atoms with van der Waals surface area (Å²) < 4.78 is 1.94. The van der Waals surface area contributed by atoms with E-state index in [4.69, 9.17) is 0 Å². The van der Waals surface area contributed by atoms with Gasteiger partial charge in [0.15, 0.2) is 5.78 Å². The molecule has 6 heteroatoms. The standard InChI is InChI=1S/C13H19N5O/c1-4-11(5-2)18-7-6-10(15-18)8-13(19)12-9-14-17(3)16-12/h6-7,9,11H,4-5,8H2,1-3H3. The van der Waals surface area contributed by atoms with Gasteiger partial charge in [0, 0.05) is 13.2 Å². The van der Waals surface area contributed by atoms with Crippen LogP contribution >= 0.6 is 0 Å². The van der Waals surface area contributed by atoms with Gasteiger partial charge in [0.2, 0.25) is 0 Å². The van der Waals surface area contributed by atoms with Crippen molar-refractivity contribution < 1.29 is 4.79 Å². The molecule has 0 spiro atoms. The molecule has 0 atom stereocenters. The Labute approximate surface area is 112 Å². The van der Waals surface area contributed by atoms with E-state index in [0.717, 1.165) is 18.5 Å². The van der Waals surface area contributed by atoms with Crippen LogP contribution < -0.4 is 0 Å². The predicted octanol–water partition coefficient (Wildman–Crippen LogP) is 1.80. The van der Waals surface area contributed by atoms with Crippen LogP contribution in [-0.4, -0.2) is 30.6 Å². The van der Waals surface area contributed by atoms with Crippen molar-refractivity contribution >= 4 is 5.78 Å². The quantitative estimate of drug-likeness (QED) is 0.744. The maximum absolute atomic E-state index is 12.0. The average molecular weight is 261 g/mol. The van der Waals surface area contributed by atoms with Crippen molar-refractivity contribution in [2.45, 2.75) is 39.2 Å². The fourth-order valence-electron chi connectivity index (χ4n) is 2.07. The smallest absolute Gasteiger partial charge is 0.190 e. The van der Waals surface area contributed by atoms with Gasteiger partial charge in [-0.3, -0.25) is 9.48 Å². The van der Waals surface area contributed by atoms with Crippen molar-refractivity contribution in [1.82, 2.24) is 24.8 Å². The Kier molecular flexibility index (Phi) is 4.09. The second-order valence-corrected chi connectivity index (χ2v) is 4.58. The van der Waals surface area contributed by atoms with Crippen LogP contribution in [0.1, 0.15) is 48.9 Å². The Morgan fingerprint density at radius 1 is 1.32 bits per heavy atom. The van der Waals surface area contributed by atoms with Gasteiger partial charge in [-0.25, -0.2) is 0 Å². The first-order valence-corrected chi connectivity index (χ1v) is 6.57. The number of hydrogen-bond acceptors (Lipinski definition) is 4. The highest BCUT2D eigenvalue weighted by Crippen LogP contribution is 2.15. The fraction of sp³-hybridized carbons (Fsp3) is 0.538. The second-order valence-electron chi connectivity index (χ2n) is 4.58. The molecular weight excluding hydrogens is 242 g/mol. The molecule has 0 aliphatic heterocycles. The first kappa shape index (κ1) is 13.5. The molecule has 0 aromatic carbocycles. The van der Waals surface area contributed by atoms with Gasteiger partial charge in [0.05, 0.1) is 24.4 Å². The zero-order valence-corrected chi connectivity index (χ0v) is 11.6. The van der Waals surface area contributed by atoms with Gasteiger partial charge in [0.1, 0.15) is 5.69 Å². The maximum atomic E-state index is 12.0. The molecular formula is C13H19N5O. The minimum Gasteiger partial charge on any atom is -0.292 e. The molecule has 2 heterocycles. The SMILES string of the molecule is CCC(CC)n1ccc(CC(=O)c2cnn(C)n2)n1. The van der Waals surface area contributed by atoms with E-state index in [2.05, 4.69) is 29.1 Å². The number of aryl methyl sites for hydroxylation is 1. The molecule has 0 radical (unpaired) electrons. The van der Waals surface area contributed by atoms with Crippen molar-refractivity contribution in [3.63, 3.8) is 0 Å². The lowest BCUT2D eigenvalue weighted by atomic mass is 10.2. The molecule has 102 valence electrons. The molecule has 0 amide bonds. The van der Waals surface area contributed by atoms with Gasteiger partial charge in [-0.2, -0.15) is 20.1 Å². The zero-order valence-electron chi connectivity index (χ0n) is 11.6. The van der Waals surface area contributed by atoms with Gasteiger partial charge in [0.25, 0.3) is 0 Å². The highest BCUT2D eigenvalue weighted by Gasteiger charge is 2.14. The van der Waals surface area contributed by atoms with E-state index < -0.39 is 0 Å². The van der Waals surface area contributed by atoms with Crippen molar-refractivity contribution in [1.29, 1.82) is 0 Å². The lowest BCUT2D eigenvalue weighted by Crippen LogP contribution is -2.10. The number of aromatic nitrogens is 5. The number of rotatable bonds is 6. The number of carbonyl (C=O) groups excluding carboxylic acids is 1. The third kappa shape index (κ3) is 3.07. The molecule has 0 aliphatic rings. The molecule has 2 aromatic rings. The second kappa shape index (κ2) is 5.77. The van der Waals surface area contributed by atoms with Gasteiger partial charge < -0.3 is 0 Å². The molecule has 0 aliphatic carbocycles. The van der Waals surface area contributed by atoms with E-state index >= 15 is 0 Å². The van der Waals surface area contributed by atoms with Crippen LogP contribution in [0.2, 0.25) is 0 Å². The van der Waals surface area contributed by atoms with Crippen LogP contribution in [0.5, 0.6) is 0 Å². The summed E-state index contributed by atoms with van der Waals surface area (Å²) in [6, 6.07) is 2.30. The summed E-state index contributed by atoms with van der Waals surface area (Å²) in [6.07, 6.45) is 5.77. The lowest BCUT2D eigenvalue weighted by molar-refractivity contribution is 0.0986. The Bertz CT molecular complexity index is 553. The molecule has 6 nitrogen and oxygen atoms in total. The highest BCUT2D eigenvalue weighted by molar-refractivity contribution is 5.95. The van der Waals surface area contributed by atoms with Gasteiger partial charge >= 0.3 is 0 Å². The van der Waals surface area contributed by atoms with E-state index in [1.165, 1.54) is 11.0 Å². The fourth-order valence-corrected chi connectivity index (χ4v) is 2.07. The third-order valence-corrected chi connectivity index (χ3v) is 3.21. The first-order valence-electron chi connectivity index (χ1n) is 6.57. The van der Waals surface area contributed by atoms with Gasteiger partial charge in [-0.1, -0.05) is 13.8 Å². The van der Waals surface area contributed by atoms with E-state index in [9.17, 15) is 4.79 Å². The van der Waals surface area contributed by atoms with Crippen molar-refractivity contribution in [3.05, 3.63) is 29.8 Å². The topological polar surface area (TPSA) is 65.6 Å². The van der Waals surface area contributed by atoms with Crippen LogP contribution in [0.15, 0.2) is 18.5 Å². The van der Waals surface area contributed by atoms with Crippen LogP contribution in [0, 0.1) is 0 Å². The van der Waals surface area contributed by atoms with Gasteiger partial charge in [-0.15, -0.1) is 0 Å². The van der Waals surface area contributed by atoms with E-state index in [0.29, 0.717) is 11.7 Å². The summed E-state index contributed by atoms with van der Waals surface area (Å²) in [5.41, 5.74) is 1.17. The van der Waals surface area contributed by atoms with Crippen LogP contribution in [0.3, 0.4) is 0 Å². The highest BCUT2D eigenvalue weighted by atomic mass is 16.1. The Morgan fingerprint density at radius 2 is 2.05 bits per heavy atom. The molecule has 2 rings (SSSR count). The summed E-state index contributed by atoms with van der Waals surface area (Å²) in [7, 11) is 1.69. The van der Waals surface area contributed by atoms with Crippen LogP contribution in [0.25, 0.3) is 0 Å².